The van der Waals surface area contributed by atoms with Crippen LogP contribution in [0.5, 0.6) is 0 Å². The van der Waals surface area contributed by atoms with Crippen LogP contribution in [0.4, 0.5) is 11.4 Å². The van der Waals surface area contributed by atoms with Crippen molar-refractivity contribution >= 4 is 11.4 Å². The van der Waals surface area contributed by atoms with Crippen molar-refractivity contribution in [2.24, 2.45) is 0 Å². The molecule has 0 aliphatic rings. The van der Waals surface area contributed by atoms with Gasteiger partial charge in [0, 0.05) is 6.07 Å². The molecule has 0 aliphatic heterocycles. The number of nitro groups is 2. The Labute approximate surface area is 78.5 Å². The Kier molecular flexibility index (Phi) is 2.44. The number of hydrogen-bond donors (Lipinski definition) is 0. The molecule has 0 saturated carbocycles. The van der Waals surface area contributed by atoms with Gasteiger partial charge in [0.25, 0.3) is 11.4 Å². The number of terminal acetylenes is 1. The lowest BCUT2D eigenvalue weighted by atomic mass is 10.2. The molecule has 0 radical (unpaired) electrons. The van der Waals surface area contributed by atoms with E-state index < -0.39 is 15.5 Å². The molecule has 0 N–H and O–H groups in total. The summed E-state index contributed by atoms with van der Waals surface area (Å²) in [5.74, 6) is 2.08. The van der Waals surface area contributed by atoms with Crippen LogP contribution >= 0.6 is 0 Å². The van der Waals surface area contributed by atoms with Crippen LogP contribution in [-0.4, -0.2) is 9.85 Å². The summed E-state index contributed by atoms with van der Waals surface area (Å²) in [5.41, 5.74) is -0.752. The maximum Gasteiger partial charge on any atom is 0.291 e. The molecule has 0 unspecified atom stereocenters. The minimum Gasteiger partial charge on any atom is -0.258 e. The van der Waals surface area contributed by atoms with E-state index in [9.17, 15) is 20.2 Å². The smallest absolute Gasteiger partial charge is 0.258 e. The molecule has 0 fully saturated rings. The van der Waals surface area contributed by atoms with Gasteiger partial charge in [-0.25, -0.2) is 0 Å². The number of non-ortho nitro benzene ring substituents is 1. The second-order valence-corrected chi connectivity index (χ2v) is 2.36. The van der Waals surface area contributed by atoms with Crippen molar-refractivity contribution in [2.75, 3.05) is 0 Å². The first-order valence-electron chi connectivity index (χ1n) is 3.45. The van der Waals surface area contributed by atoms with Gasteiger partial charge in [0.2, 0.25) is 0 Å². The summed E-state index contributed by atoms with van der Waals surface area (Å²) < 4.78 is 0. The molecule has 0 aromatic heterocycles. The zero-order valence-electron chi connectivity index (χ0n) is 6.84. The summed E-state index contributed by atoms with van der Waals surface area (Å²) in [4.78, 5) is 19.3. The average Bonchev–Trinajstić information content (AvgIpc) is 2.16. The van der Waals surface area contributed by atoms with Crippen LogP contribution in [0.3, 0.4) is 0 Å². The number of nitro benzene ring substituents is 2. The molecule has 0 saturated heterocycles. The van der Waals surface area contributed by atoms with Crippen molar-refractivity contribution in [3.8, 4) is 12.3 Å². The fraction of sp³-hybridized carbons (Fsp3) is 0. The highest BCUT2D eigenvalue weighted by molar-refractivity contribution is 5.55. The summed E-state index contributed by atoms with van der Waals surface area (Å²) in [7, 11) is 0. The second kappa shape index (κ2) is 3.53. The van der Waals surface area contributed by atoms with Crippen LogP contribution in [0.15, 0.2) is 18.2 Å². The molecular formula is C8H4N2O4. The Morgan fingerprint density at radius 2 is 1.86 bits per heavy atom. The van der Waals surface area contributed by atoms with E-state index in [1.165, 1.54) is 6.07 Å². The Morgan fingerprint density at radius 3 is 2.29 bits per heavy atom. The highest BCUT2D eigenvalue weighted by Gasteiger charge is 2.17. The third kappa shape index (κ3) is 1.67. The first-order chi connectivity index (χ1) is 6.56. The van der Waals surface area contributed by atoms with Crippen LogP contribution in [0, 0.1) is 32.6 Å². The van der Waals surface area contributed by atoms with Crippen molar-refractivity contribution in [2.45, 2.75) is 0 Å². The van der Waals surface area contributed by atoms with Gasteiger partial charge in [0.15, 0.2) is 0 Å². The summed E-state index contributed by atoms with van der Waals surface area (Å²) in [5, 5.41) is 20.7. The van der Waals surface area contributed by atoms with Crippen molar-refractivity contribution in [3.63, 3.8) is 0 Å². The first kappa shape index (κ1) is 9.67. The van der Waals surface area contributed by atoms with Crippen molar-refractivity contribution in [3.05, 3.63) is 44.0 Å². The zero-order valence-corrected chi connectivity index (χ0v) is 6.84. The molecule has 6 nitrogen and oxygen atoms in total. The van der Waals surface area contributed by atoms with Crippen molar-refractivity contribution in [1.82, 2.24) is 0 Å². The lowest BCUT2D eigenvalue weighted by molar-refractivity contribution is -0.394. The SMILES string of the molecule is C#Cc1ccc([N+](=O)[O-])cc1[N+](=O)[O-]. The average molecular weight is 192 g/mol. The molecule has 0 heterocycles. The number of hydrogen-bond acceptors (Lipinski definition) is 4. The minimum absolute atomic E-state index is 0.0283. The summed E-state index contributed by atoms with van der Waals surface area (Å²) >= 11 is 0. The monoisotopic (exact) mass is 192 g/mol. The van der Waals surface area contributed by atoms with E-state index in [4.69, 9.17) is 6.42 Å². The molecule has 70 valence electrons. The number of rotatable bonds is 2. The minimum atomic E-state index is -0.748. The topological polar surface area (TPSA) is 86.3 Å². The van der Waals surface area contributed by atoms with E-state index in [1.54, 1.807) is 0 Å². The highest BCUT2D eigenvalue weighted by Crippen LogP contribution is 2.23. The largest absolute Gasteiger partial charge is 0.291 e. The van der Waals surface area contributed by atoms with Gasteiger partial charge in [-0.3, -0.25) is 20.2 Å². The van der Waals surface area contributed by atoms with E-state index in [2.05, 4.69) is 5.92 Å². The lowest BCUT2D eigenvalue weighted by Crippen LogP contribution is -1.95. The van der Waals surface area contributed by atoms with Crippen molar-refractivity contribution in [1.29, 1.82) is 0 Å². The third-order valence-electron chi connectivity index (χ3n) is 1.54. The molecule has 0 bridgehead atoms. The van der Waals surface area contributed by atoms with Gasteiger partial charge < -0.3 is 0 Å². The molecule has 1 aromatic carbocycles. The van der Waals surface area contributed by atoms with Gasteiger partial charge in [-0.2, -0.15) is 0 Å². The van der Waals surface area contributed by atoms with Gasteiger partial charge in [0.05, 0.1) is 15.9 Å². The third-order valence-corrected chi connectivity index (χ3v) is 1.54. The van der Waals surface area contributed by atoms with Crippen LogP contribution in [-0.2, 0) is 0 Å². The number of nitrogens with zero attached hydrogens (tertiary/aromatic N) is 2. The predicted molar refractivity (Wildman–Crippen MR) is 47.7 cm³/mol. The highest BCUT2D eigenvalue weighted by atomic mass is 16.6. The molecule has 14 heavy (non-hydrogen) atoms. The molecular weight excluding hydrogens is 188 g/mol. The lowest BCUT2D eigenvalue weighted by Gasteiger charge is -1.95. The summed E-state index contributed by atoms with van der Waals surface area (Å²) in [6.07, 6.45) is 4.99. The Bertz CT molecular complexity index is 447. The van der Waals surface area contributed by atoms with E-state index in [0.29, 0.717) is 0 Å². The van der Waals surface area contributed by atoms with Gasteiger partial charge in [-0.1, -0.05) is 5.92 Å². The summed E-state index contributed by atoms with van der Waals surface area (Å²) in [6, 6.07) is 3.15. The fourth-order valence-corrected chi connectivity index (χ4v) is 0.907. The van der Waals surface area contributed by atoms with Gasteiger partial charge in [-0.15, -0.1) is 6.42 Å². The Hall–Kier alpha value is -2.42. The normalized spacial score (nSPS) is 9.07. The Balaban J connectivity index is 3.37. The molecule has 1 aromatic rings. The van der Waals surface area contributed by atoms with E-state index in [1.807, 2.05) is 0 Å². The standard InChI is InChI=1S/C8H4N2O4/c1-2-6-3-4-7(9(11)12)5-8(6)10(13)14/h1,3-5H. The summed E-state index contributed by atoms with van der Waals surface area (Å²) in [6.45, 7) is 0. The Morgan fingerprint density at radius 1 is 1.21 bits per heavy atom. The van der Waals surface area contributed by atoms with Crippen LogP contribution in [0.25, 0.3) is 0 Å². The van der Waals surface area contributed by atoms with E-state index in [0.717, 1.165) is 12.1 Å². The van der Waals surface area contributed by atoms with Gasteiger partial charge in [-0.05, 0) is 6.07 Å². The van der Waals surface area contributed by atoms with E-state index in [-0.39, 0.29) is 11.3 Å². The quantitative estimate of drug-likeness (QED) is 0.403. The molecule has 1 rings (SSSR count). The van der Waals surface area contributed by atoms with Crippen LogP contribution < -0.4 is 0 Å². The first-order valence-corrected chi connectivity index (χ1v) is 3.45. The fourth-order valence-electron chi connectivity index (χ4n) is 0.907. The number of benzene rings is 1. The molecule has 0 aliphatic carbocycles. The van der Waals surface area contributed by atoms with Gasteiger partial charge >= 0.3 is 0 Å². The maximum absolute atomic E-state index is 10.4. The van der Waals surface area contributed by atoms with Crippen molar-refractivity contribution < 1.29 is 9.85 Å². The van der Waals surface area contributed by atoms with E-state index >= 15 is 0 Å². The second-order valence-electron chi connectivity index (χ2n) is 2.36. The van der Waals surface area contributed by atoms with Crippen LogP contribution in [0.1, 0.15) is 5.56 Å². The van der Waals surface area contributed by atoms with Gasteiger partial charge in [0.1, 0.15) is 5.56 Å². The predicted octanol–water partition coefficient (Wildman–Crippen LogP) is 1.48. The zero-order chi connectivity index (χ0) is 10.7. The molecule has 6 heteroatoms. The molecule has 0 atom stereocenters. The molecule has 0 amide bonds. The maximum atomic E-state index is 10.4. The molecule has 0 spiro atoms. The van der Waals surface area contributed by atoms with Crippen LogP contribution in [0.2, 0.25) is 0 Å².